The molecule has 124 valence electrons. The zero-order valence-corrected chi connectivity index (χ0v) is 15.1. The van der Waals surface area contributed by atoms with Crippen molar-refractivity contribution < 1.29 is 4.79 Å². The normalized spacial score (nSPS) is 11.5. The molecule has 0 aliphatic carbocycles. The van der Waals surface area contributed by atoms with E-state index < -0.39 is 0 Å². The number of carbonyl (C=O) groups excluding carboxylic acids is 1. The lowest BCUT2D eigenvalue weighted by molar-refractivity contribution is -0.121. The first-order valence-corrected chi connectivity index (χ1v) is 8.73. The van der Waals surface area contributed by atoms with Crippen LogP contribution in [0.1, 0.15) is 31.5 Å². The quantitative estimate of drug-likeness (QED) is 0.866. The molecule has 2 aromatic rings. The monoisotopic (exact) mass is 352 g/mol. The van der Waals surface area contributed by atoms with Crippen LogP contribution in [0.5, 0.6) is 0 Å². The predicted octanol–water partition coefficient (Wildman–Crippen LogP) is 3.36. The Morgan fingerprint density at radius 1 is 1.39 bits per heavy atom. The summed E-state index contributed by atoms with van der Waals surface area (Å²) in [5.41, 5.74) is 1.76. The molecule has 1 heterocycles. The third kappa shape index (κ3) is 4.69. The number of amides is 1. The van der Waals surface area contributed by atoms with Gasteiger partial charge in [0, 0.05) is 41.0 Å². The summed E-state index contributed by atoms with van der Waals surface area (Å²) in [6.07, 6.45) is 0.295. The molecule has 4 nitrogen and oxygen atoms in total. The summed E-state index contributed by atoms with van der Waals surface area (Å²) in [7, 11) is 0. The van der Waals surface area contributed by atoms with E-state index in [0.29, 0.717) is 24.5 Å². The largest absolute Gasteiger partial charge is 0.355 e. The molecule has 1 aromatic carbocycles. The highest BCUT2D eigenvalue weighted by molar-refractivity contribution is 7.07. The number of halogens is 1. The van der Waals surface area contributed by atoms with Gasteiger partial charge in [-0.2, -0.15) is 0 Å². The number of nitrogens with one attached hydrogen (secondary N) is 1. The van der Waals surface area contributed by atoms with Gasteiger partial charge in [0.1, 0.15) is 0 Å². The van der Waals surface area contributed by atoms with Gasteiger partial charge in [-0.05, 0) is 24.6 Å². The first kappa shape index (κ1) is 17.8. The molecule has 0 radical (unpaired) electrons. The van der Waals surface area contributed by atoms with E-state index in [0.717, 1.165) is 22.6 Å². The second-order valence-electron chi connectivity index (χ2n) is 6.22. The second kappa shape index (κ2) is 7.32. The van der Waals surface area contributed by atoms with Crippen LogP contribution < -0.4 is 10.2 Å². The van der Waals surface area contributed by atoms with Crippen molar-refractivity contribution in [3.63, 3.8) is 0 Å². The van der Waals surface area contributed by atoms with E-state index in [1.165, 1.54) is 0 Å². The molecule has 0 saturated carbocycles. The van der Waals surface area contributed by atoms with Crippen molar-refractivity contribution in [2.24, 2.45) is 0 Å². The smallest absolute Gasteiger partial charge is 0.307 e. The maximum absolute atomic E-state index is 12.1. The van der Waals surface area contributed by atoms with Gasteiger partial charge in [-0.3, -0.25) is 9.59 Å². The van der Waals surface area contributed by atoms with Crippen molar-refractivity contribution >= 4 is 28.8 Å². The van der Waals surface area contributed by atoms with Gasteiger partial charge in [0.2, 0.25) is 5.91 Å². The third-order valence-electron chi connectivity index (χ3n) is 3.87. The highest BCUT2D eigenvalue weighted by Crippen LogP contribution is 2.24. The summed E-state index contributed by atoms with van der Waals surface area (Å²) in [4.78, 5) is 23.7. The average Bonchev–Trinajstić information content (AvgIpc) is 2.82. The van der Waals surface area contributed by atoms with Gasteiger partial charge in [0.25, 0.3) is 0 Å². The molecule has 0 aliphatic rings. The van der Waals surface area contributed by atoms with Gasteiger partial charge in [0.15, 0.2) is 0 Å². The van der Waals surface area contributed by atoms with Crippen molar-refractivity contribution in [1.29, 1.82) is 0 Å². The molecule has 0 atom stereocenters. The van der Waals surface area contributed by atoms with Crippen LogP contribution >= 0.6 is 22.9 Å². The summed E-state index contributed by atoms with van der Waals surface area (Å²) in [5.74, 6) is -0.0578. The molecule has 0 bridgehead atoms. The van der Waals surface area contributed by atoms with E-state index in [-0.39, 0.29) is 16.2 Å². The first-order chi connectivity index (χ1) is 10.8. The van der Waals surface area contributed by atoms with Crippen molar-refractivity contribution in [2.75, 3.05) is 6.54 Å². The molecule has 6 heteroatoms. The van der Waals surface area contributed by atoms with Crippen LogP contribution in [-0.4, -0.2) is 17.0 Å². The van der Waals surface area contributed by atoms with Crippen LogP contribution in [0.15, 0.2) is 34.4 Å². The Hall–Kier alpha value is -1.59. The molecule has 0 spiro atoms. The Kier molecular flexibility index (Phi) is 5.65. The zero-order chi connectivity index (χ0) is 17.0. The Labute approximate surface area is 145 Å². The number of hydrogen-bond acceptors (Lipinski definition) is 3. The molecule has 23 heavy (non-hydrogen) atoms. The third-order valence-corrected chi connectivity index (χ3v) is 4.99. The topological polar surface area (TPSA) is 51.1 Å². The summed E-state index contributed by atoms with van der Waals surface area (Å²) >= 11 is 7.19. The molecular formula is C17H21ClN2O2S. The van der Waals surface area contributed by atoms with Crippen LogP contribution in [0.2, 0.25) is 5.02 Å². The van der Waals surface area contributed by atoms with E-state index in [1.807, 2.05) is 36.6 Å². The van der Waals surface area contributed by atoms with Gasteiger partial charge >= 0.3 is 4.87 Å². The molecule has 1 amide bonds. The van der Waals surface area contributed by atoms with E-state index in [4.69, 9.17) is 11.6 Å². The molecule has 0 saturated heterocycles. The fourth-order valence-corrected chi connectivity index (χ4v) is 3.26. The van der Waals surface area contributed by atoms with Crippen LogP contribution in [0.4, 0.5) is 0 Å². The second-order valence-corrected chi connectivity index (χ2v) is 7.47. The van der Waals surface area contributed by atoms with E-state index in [9.17, 15) is 9.59 Å². The lowest BCUT2D eigenvalue weighted by Crippen LogP contribution is -2.37. The van der Waals surface area contributed by atoms with Crippen molar-refractivity contribution in [1.82, 2.24) is 9.88 Å². The Bertz CT molecular complexity index is 749. The minimum absolute atomic E-state index is 0.0189. The molecule has 0 fully saturated rings. The van der Waals surface area contributed by atoms with Crippen molar-refractivity contribution in [3.8, 4) is 0 Å². The van der Waals surface area contributed by atoms with E-state index in [2.05, 4.69) is 19.2 Å². The highest BCUT2D eigenvalue weighted by atomic mass is 35.5. The maximum atomic E-state index is 12.1. The Morgan fingerprint density at radius 2 is 2.13 bits per heavy atom. The number of aromatic nitrogens is 1. The van der Waals surface area contributed by atoms with E-state index >= 15 is 0 Å². The summed E-state index contributed by atoms with van der Waals surface area (Å²) in [5, 5.41) is 5.45. The minimum Gasteiger partial charge on any atom is -0.355 e. The molecule has 1 N–H and O–H groups in total. The lowest BCUT2D eigenvalue weighted by Gasteiger charge is -2.26. The summed E-state index contributed by atoms with van der Waals surface area (Å²) < 4.78 is 1.63. The number of aryl methyl sites for hydroxylation is 1. The summed E-state index contributed by atoms with van der Waals surface area (Å²) in [6.45, 7) is 6.93. The Balaban J connectivity index is 1.90. The lowest BCUT2D eigenvalue weighted by atomic mass is 9.84. The number of carbonyl (C=O) groups is 1. The fraction of sp³-hybridized carbons (Fsp3) is 0.412. The molecular weight excluding hydrogens is 332 g/mol. The first-order valence-electron chi connectivity index (χ1n) is 7.47. The van der Waals surface area contributed by atoms with Crippen molar-refractivity contribution in [2.45, 2.75) is 39.2 Å². The maximum Gasteiger partial charge on any atom is 0.307 e. The van der Waals surface area contributed by atoms with Gasteiger partial charge in [-0.25, -0.2) is 0 Å². The van der Waals surface area contributed by atoms with Crippen LogP contribution in [0.3, 0.4) is 0 Å². The zero-order valence-electron chi connectivity index (χ0n) is 13.6. The number of hydrogen-bond donors (Lipinski definition) is 1. The fourth-order valence-electron chi connectivity index (χ4n) is 2.31. The highest BCUT2D eigenvalue weighted by Gasteiger charge is 2.21. The number of benzene rings is 1. The molecule has 1 aromatic heterocycles. The van der Waals surface area contributed by atoms with Crippen LogP contribution in [-0.2, 0) is 16.8 Å². The molecule has 0 unspecified atom stereocenters. The SMILES string of the molecule is Cc1csc(=O)n1CCC(=O)NCC(C)(C)c1cccc(Cl)c1. The average molecular weight is 353 g/mol. The standard InChI is InChI=1S/C17H21ClN2O2S/c1-12-10-23-16(22)20(12)8-7-15(21)19-11-17(2,3)13-5-4-6-14(18)9-13/h4-6,9-10H,7-8,11H2,1-3H3,(H,19,21). The predicted molar refractivity (Wildman–Crippen MR) is 95.4 cm³/mol. The van der Waals surface area contributed by atoms with Gasteiger partial charge in [0.05, 0.1) is 0 Å². The summed E-state index contributed by atoms with van der Waals surface area (Å²) in [6, 6.07) is 7.67. The van der Waals surface area contributed by atoms with Gasteiger partial charge < -0.3 is 9.88 Å². The van der Waals surface area contributed by atoms with Crippen LogP contribution in [0, 0.1) is 6.92 Å². The Morgan fingerprint density at radius 3 is 2.74 bits per heavy atom. The van der Waals surface area contributed by atoms with Crippen LogP contribution in [0.25, 0.3) is 0 Å². The number of thiazole rings is 1. The van der Waals surface area contributed by atoms with Crippen molar-refractivity contribution in [3.05, 3.63) is 55.6 Å². The van der Waals surface area contributed by atoms with E-state index in [1.54, 1.807) is 4.57 Å². The molecule has 2 rings (SSSR count). The van der Waals surface area contributed by atoms with Gasteiger partial charge in [-0.15, -0.1) is 0 Å². The number of nitrogens with zero attached hydrogens (tertiary/aromatic N) is 1. The van der Waals surface area contributed by atoms with Gasteiger partial charge in [-0.1, -0.05) is 48.9 Å². The molecule has 0 aliphatic heterocycles. The minimum atomic E-state index is -0.213. The number of rotatable bonds is 6.